The van der Waals surface area contributed by atoms with Gasteiger partial charge in [0.25, 0.3) is 0 Å². The van der Waals surface area contributed by atoms with Crippen LogP contribution in [0.5, 0.6) is 5.75 Å². The van der Waals surface area contributed by atoms with Gasteiger partial charge in [-0.2, -0.15) is 0 Å². The van der Waals surface area contributed by atoms with Crippen LogP contribution >= 0.6 is 0 Å². The minimum atomic E-state index is -0.262. The van der Waals surface area contributed by atoms with Crippen molar-refractivity contribution in [2.24, 2.45) is 5.73 Å². The predicted octanol–water partition coefficient (Wildman–Crippen LogP) is 3.24. The molecule has 0 aromatic heterocycles. The molecule has 1 amide bonds. The third kappa shape index (κ3) is 4.79. The Morgan fingerprint density at radius 3 is 2.68 bits per heavy atom. The first-order chi connectivity index (χ1) is 12.1. The number of primary amides is 1. The number of halogens is 1. The Morgan fingerprint density at radius 1 is 1.16 bits per heavy atom. The van der Waals surface area contributed by atoms with Gasteiger partial charge < -0.3 is 10.5 Å². The van der Waals surface area contributed by atoms with Gasteiger partial charge in [0, 0.05) is 6.54 Å². The summed E-state index contributed by atoms with van der Waals surface area (Å²) in [6.45, 7) is 1.93. The van der Waals surface area contributed by atoms with Crippen molar-refractivity contribution in [3.8, 4) is 5.75 Å². The molecule has 3 rings (SSSR count). The number of amides is 1. The van der Waals surface area contributed by atoms with E-state index in [1.54, 1.807) is 6.07 Å². The normalized spacial score (nSPS) is 18.0. The zero-order chi connectivity index (χ0) is 17.6. The van der Waals surface area contributed by atoms with E-state index in [0.717, 1.165) is 42.7 Å². The minimum absolute atomic E-state index is 0.169. The van der Waals surface area contributed by atoms with E-state index in [0.29, 0.717) is 13.2 Å². The first-order valence-electron chi connectivity index (χ1n) is 8.61. The fourth-order valence-corrected chi connectivity index (χ4v) is 3.22. The molecule has 0 aliphatic carbocycles. The van der Waals surface area contributed by atoms with E-state index in [4.69, 9.17) is 10.5 Å². The number of ether oxygens (including phenoxy) is 1. The van der Waals surface area contributed by atoms with Crippen molar-refractivity contribution < 1.29 is 13.9 Å². The highest BCUT2D eigenvalue weighted by Gasteiger charge is 2.26. The molecule has 1 aliphatic rings. The summed E-state index contributed by atoms with van der Waals surface area (Å²) in [5.74, 6) is 0.231. The highest BCUT2D eigenvalue weighted by atomic mass is 19.1. The summed E-state index contributed by atoms with van der Waals surface area (Å²) in [6.07, 6.45) is 2.99. The summed E-state index contributed by atoms with van der Waals surface area (Å²) in [5.41, 5.74) is 7.42. The lowest BCUT2D eigenvalue weighted by atomic mass is 10.0. The van der Waals surface area contributed by atoms with Crippen molar-refractivity contribution in [2.75, 3.05) is 6.54 Å². The summed E-state index contributed by atoms with van der Waals surface area (Å²) < 4.78 is 18.9. The number of rotatable bonds is 6. The molecule has 1 aliphatic heterocycles. The largest absolute Gasteiger partial charge is 0.489 e. The quantitative estimate of drug-likeness (QED) is 0.877. The van der Waals surface area contributed by atoms with Crippen LogP contribution in [0, 0.1) is 5.82 Å². The summed E-state index contributed by atoms with van der Waals surface area (Å²) in [4.78, 5) is 13.7. The molecular formula is C20H23FN2O2. The van der Waals surface area contributed by atoms with Gasteiger partial charge in [-0.3, -0.25) is 9.69 Å². The van der Waals surface area contributed by atoms with Gasteiger partial charge in [0.15, 0.2) is 0 Å². The monoisotopic (exact) mass is 342 g/mol. The van der Waals surface area contributed by atoms with Crippen molar-refractivity contribution in [3.05, 3.63) is 65.5 Å². The number of benzene rings is 2. The van der Waals surface area contributed by atoms with E-state index in [9.17, 15) is 9.18 Å². The zero-order valence-corrected chi connectivity index (χ0v) is 14.2. The van der Waals surface area contributed by atoms with Crippen LogP contribution in [0.2, 0.25) is 0 Å². The lowest BCUT2D eigenvalue weighted by Gasteiger charge is -2.33. The molecular weight excluding hydrogens is 319 g/mol. The van der Waals surface area contributed by atoms with Crippen molar-refractivity contribution in [1.29, 1.82) is 0 Å². The van der Waals surface area contributed by atoms with Crippen LogP contribution in [0.25, 0.3) is 0 Å². The second kappa shape index (κ2) is 8.12. The first-order valence-corrected chi connectivity index (χ1v) is 8.61. The highest BCUT2D eigenvalue weighted by molar-refractivity contribution is 5.79. The van der Waals surface area contributed by atoms with E-state index in [-0.39, 0.29) is 17.8 Å². The molecule has 0 radical (unpaired) electrons. The Hall–Kier alpha value is -2.40. The summed E-state index contributed by atoms with van der Waals surface area (Å²) >= 11 is 0. The number of carbonyl (C=O) groups is 1. The van der Waals surface area contributed by atoms with Gasteiger partial charge in [-0.15, -0.1) is 0 Å². The number of nitrogens with zero attached hydrogens (tertiary/aromatic N) is 1. The second-order valence-corrected chi connectivity index (χ2v) is 6.45. The fraction of sp³-hybridized carbons (Fsp3) is 0.350. The third-order valence-electron chi connectivity index (χ3n) is 4.55. The number of hydrogen-bond acceptors (Lipinski definition) is 3. The van der Waals surface area contributed by atoms with Gasteiger partial charge in [-0.25, -0.2) is 4.39 Å². The molecule has 2 aromatic rings. The molecule has 1 fully saturated rings. The molecule has 1 saturated heterocycles. The topological polar surface area (TPSA) is 55.6 Å². The van der Waals surface area contributed by atoms with Crippen molar-refractivity contribution in [1.82, 2.24) is 4.90 Å². The Kier molecular flexibility index (Phi) is 5.66. The van der Waals surface area contributed by atoms with Gasteiger partial charge in [0.05, 0.1) is 6.04 Å². The van der Waals surface area contributed by atoms with E-state index in [1.165, 1.54) is 12.1 Å². The first kappa shape index (κ1) is 17.4. The van der Waals surface area contributed by atoms with Crippen LogP contribution in [0.4, 0.5) is 4.39 Å². The van der Waals surface area contributed by atoms with Gasteiger partial charge in [0.1, 0.15) is 18.2 Å². The van der Waals surface area contributed by atoms with Crippen LogP contribution in [0.1, 0.15) is 30.4 Å². The van der Waals surface area contributed by atoms with E-state index in [2.05, 4.69) is 4.90 Å². The highest BCUT2D eigenvalue weighted by Crippen LogP contribution is 2.21. The van der Waals surface area contributed by atoms with Gasteiger partial charge >= 0.3 is 0 Å². The molecule has 0 spiro atoms. The van der Waals surface area contributed by atoms with E-state index >= 15 is 0 Å². The maximum absolute atomic E-state index is 13.2. The van der Waals surface area contributed by atoms with Crippen LogP contribution in [0.3, 0.4) is 0 Å². The molecule has 25 heavy (non-hydrogen) atoms. The number of piperidine rings is 1. The standard InChI is InChI=1S/C20H23FN2O2/c21-17-5-3-4-16(12-17)14-25-18-9-7-15(8-10-18)13-23-11-2-1-6-19(23)20(22)24/h3-5,7-10,12,19H,1-2,6,11,13-14H2,(H2,22,24). The molecule has 0 bridgehead atoms. The Labute approximate surface area is 147 Å². The maximum atomic E-state index is 13.2. The molecule has 0 saturated carbocycles. The maximum Gasteiger partial charge on any atom is 0.234 e. The molecule has 1 unspecified atom stereocenters. The zero-order valence-electron chi connectivity index (χ0n) is 14.2. The van der Waals surface area contributed by atoms with Gasteiger partial charge in [-0.05, 0) is 54.8 Å². The molecule has 2 N–H and O–H groups in total. The number of hydrogen-bond donors (Lipinski definition) is 1. The summed E-state index contributed by atoms with van der Waals surface area (Å²) in [6, 6.07) is 14.0. The molecule has 5 heteroatoms. The molecule has 2 aromatic carbocycles. The van der Waals surface area contributed by atoms with Gasteiger partial charge in [-0.1, -0.05) is 30.7 Å². The average molecular weight is 342 g/mol. The Balaban J connectivity index is 1.57. The van der Waals surface area contributed by atoms with E-state index in [1.807, 2.05) is 30.3 Å². The van der Waals surface area contributed by atoms with Crippen molar-refractivity contribution in [2.45, 2.75) is 38.5 Å². The van der Waals surface area contributed by atoms with Crippen LogP contribution in [-0.2, 0) is 17.9 Å². The van der Waals surface area contributed by atoms with E-state index < -0.39 is 0 Å². The Morgan fingerprint density at radius 2 is 1.96 bits per heavy atom. The summed E-state index contributed by atoms with van der Waals surface area (Å²) in [7, 11) is 0. The fourth-order valence-electron chi connectivity index (χ4n) is 3.22. The summed E-state index contributed by atoms with van der Waals surface area (Å²) in [5, 5.41) is 0. The van der Waals surface area contributed by atoms with Gasteiger partial charge in [0.2, 0.25) is 5.91 Å². The smallest absolute Gasteiger partial charge is 0.234 e. The lowest BCUT2D eigenvalue weighted by Crippen LogP contribution is -2.47. The third-order valence-corrected chi connectivity index (χ3v) is 4.55. The lowest BCUT2D eigenvalue weighted by molar-refractivity contribution is -0.124. The van der Waals surface area contributed by atoms with Crippen molar-refractivity contribution in [3.63, 3.8) is 0 Å². The number of likely N-dealkylation sites (tertiary alicyclic amines) is 1. The Bertz CT molecular complexity index is 718. The average Bonchev–Trinajstić information content (AvgIpc) is 2.61. The molecule has 1 heterocycles. The predicted molar refractivity (Wildman–Crippen MR) is 94.4 cm³/mol. The van der Waals surface area contributed by atoms with Crippen molar-refractivity contribution >= 4 is 5.91 Å². The molecule has 1 atom stereocenters. The minimum Gasteiger partial charge on any atom is -0.489 e. The van der Waals surface area contributed by atoms with Crippen LogP contribution in [0.15, 0.2) is 48.5 Å². The van der Waals surface area contributed by atoms with Crippen LogP contribution in [-0.4, -0.2) is 23.4 Å². The SMILES string of the molecule is NC(=O)C1CCCCN1Cc1ccc(OCc2cccc(F)c2)cc1. The van der Waals surface area contributed by atoms with Crippen LogP contribution < -0.4 is 10.5 Å². The number of carbonyl (C=O) groups excluding carboxylic acids is 1. The number of nitrogens with two attached hydrogens (primary N) is 1. The second-order valence-electron chi connectivity index (χ2n) is 6.45. The molecule has 4 nitrogen and oxygen atoms in total. The molecule has 132 valence electrons.